The van der Waals surface area contributed by atoms with Crippen molar-refractivity contribution in [2.24, 2.45) is 0 Å². The molecule has 2 heterocycles. The first-order valence-electron chi connectivity index (χ1n) is 12.4. The van der Waals surface area contributed by atoms with Crippen LogP contribution in [-0.2, 0) is 25.2 Å². The molecule has 0 unspecified atom stereocenters. The van der Waals surface area contributed by atoms with Gasteiger partial charge in [-0.2, -0.15) is 4.31 Å². The first kappa shape index (κ1) is 32.0. The number of methoxy groups -OCH3 is 1. The van der Waals surface area contributed by atoms with Crippen LogP contribution in [0.15, 0.2) is 45.6 Å². The SMILES string of the molecule is CCOC(=O)N1CCN(S(=O)(=O)c2cc(C(=O)Nc3nnc(SCc4ccc(C(=O)OC)cc4)s3)c(Cl)cc2Cl)CC1. The molecule has 1 aromatic heterocycles. The van der Waals surface area contributed by atoms with Crippen LogP contribution in [0.4, 0.5) is 9.93 Å². The molecule has 0 bridgehead atoms. The molecule has 4 rings (SSSR count). The topological polar surface area (TPSA) is 148 Å². The number of esters is 1. The molecule has 224 valence electrons. The number of nitrogens with zero attached hydrogens (tertiary/aromatic N) is 4. The van der Waals surface area contributed by atoms with E-state index in [1.807, 2.05) is 0 Å². The highest BCUT2D eigenvalue weighted by atomic mass is 35.5. The maximum absolute atomic E-state index is 13.4. The van der Waals surface area contributed by atoms with Crippen molar-refractivity contribution in [3.05, 3.63) is 63.1 Å². The van der Waals surface area contributed by atoms with Gasteiger partial charge in [0.05, 0.1) is 34.9 Å². The van der Waals surface area contributed by atoms with Crippen LogP contribution in [0.25, 0.3) is 0 Å². The molecule has 2 aromatic carbocycles. The number of aromatic nitrogens is 2. The third-order valence-corrected chi connectivity index (χ3v) is 10.7. The van der Waals surface area contributed by atoms with Gasteiger partial charge in [0.25, 0.3) is 5.91 Å². The zero-order chi connectivity index (χ0) is 30.4. The van der Waals surface area contributed by atoms with Crippen LogP contribution >= 0.6 is 46.3 Å². The van der Waals surface area contributed by atoms with E-state index in [1.54, 1.807) is 31.2 Å². The third-order valence-electron chi connectivity index (χ3n) is 6.01. The summed E-state index contributed by atoms with van der Waals surface area (Å²) in [5, 5.41) is 10.7. The van der Waals surface area contributed by atoms with Crippen molar-refractivity contribution in [2.75, 3.05) is 45.2 Å². The Morgan fingerprint density at radius 2 is 1.74 bits per heavy atom. The lowest BCUT2D eigenvalue weighted by atomic mass is 10.1. The highest BCUT2D eigenvalue weighted by Gasteiger charge is 2.33. The Morgan fingerprint density at radius 3 is 2.38 bits per heavy atom. The van der Waals surface area contributed by atoms with Crippen molar-refractivity contribution in [2.45, 2.75) is 21.9 Å². The van der Waals surface area contributed by atoms with E-state index in [0.29, 0.717) is 15.7 Å². The Bertz CT molecular complexity index is 1580. The number of halogens is 2. The van der Waals surface area contributed by atoms with Gasteiger partial charge in [-0.15, -0.1) is 10.2 Å². The van der Waals surface area contributed by atoms with Gasteiger partial charge >= 0.3 is 12.1 Å². The van der Waals surface area contributed by atoms with Crippen molar-refractivity contribution < 1.29 is 32.3 Å². The predicted molar refractivity (Wildman–Crippen MR) is 159 cm³/mol. The Hall–Kier alpha value is -2.95. The average molecular weight is 675 g/mol. The minimum absolute atomic E-state index is 0.0300. The van der Waals surface area contributed by atoms with E-state index in [4.69, 9.17) is 32.7 Å². The lowest BCUT2D eigenvalue weighted by Crippen LogP contribution is -2.50. The molecule has 1 aliphatic rings. The fraction of sp³-hybridized carbons (Fsp3) is 0.320. The highest BCUT2D eigenvalue weighted by molar-refractivity contribution is 8.00. The number of benzene rings is 2. The lowest BCUT2D eigenvalue weighted by Gasteiger charge is -2.33. The summed E-state index contributed by atoms with van der Waals surface area (Å²) in [6.45, 7) is 2.26. The van der Waals surface area contributed by atoms with Crippen LogP contribution in [0.1, 0.15) is 33.2 Å². The smallest absolute Gasteiger partial charge is 0.409 e. The van der Waals surface area contributed by atoms with Gasteiger partial charge in [0.15, 0.2) is 4.34 Å². The number of amides is 2. The molecule has 0 aliphatic carbocycles. The van der Waals surface area contributed by atoms with E-state index < -0.39 is 28.0 Å². The van der Waals surface area contributed by atoms with E-state index in [1.165, 1.54) is 34.1 Å². The van der Waals surface area contributed by atoms with Gasteiger partial charge in [-0.05, 0) is 36.8 Å². The van der Waals surface area contributed by atoms with E-state index >= 15 is 0 Å². The summed E-state index contributed by atoms with van der Waals surface area (Å²) in [5.74, 6) is -0.563. The molecule has 0 saturated carbocycles. The maximum atomic E-state index is 13.4. The fourth-order valence-electron chi connectivity index (χ4n) is 3.85. The Labute approximate surface area is 260 Å². The normalized spacial score (nSPS) is 14.0. The van der Waals surface area contributed by atoms with Crippen molar-refractivity contribution >= 4 is 79.4 Å². The number of piperazine rings is 1. The number of anilines is 1. The minimum Gasteiger partial charge on any atom is -0.465 e. The Kier molecular flexibility index (Phi) is 10.7. The van der Waals surface area contributed by atoms with E-state index in [0.717, 1.165) is 23.0 Å². The van der Waals surface area contributed by atoms with E-state index in [2.05, 4.69) is 15.5 Å². The molecular formula is C25H25Cl2N5O7S3. The average Bonchev–Trinajstić information content (AvgIpc) is 3.43. The molecule has 1 aliphatic heterocycles. The third kappa shape index (κ3) is 7.51. The van der Waals surface area contributed by atoms with Crippen LogP contribution < -0.4 is 5.32 Å². The van der Waals surface area contributed by atoms with Crippen LogP contribution in [0.5, 0.6) is 0 Å². The molecule has 1 fully saturated rings. The van der Waals surface area contributed by atoms with Gasteiger partial charge in [0.1, 0.15) is 4.90 Å². The zero-order valence-electron chi connectivity index (χ0n) is 22.3. The van der Waals surface area contributed by atoms with Gasteiger partial charge in [-0.3, -0.25) is 10.1 Å². The largest absolute Gasteiger partial charge is 0.465 e. The quantitative estimate of drug-likeness (QED) is 0.193. The Morgan fingerprint density at radius 1 is 1.05 bits per heavy atom. The summed E-state index contributed by atoms with van der Waals surface area (Å²) in [5.41, 5.74) is 1.28. The summed E-state index contributed by atoms with van der Waals surface area (Å²) in [6, 6.07) is 9.27. The molecule has 3 aromatic rings. The molecule has 0 radical (unpaired) electrons. The fourth-order valence-corrected chi connectivity index (χ4v) is 7.81. The van der Waals surface area contributed by atoms with Gasteiger partial charge in [0, 0.05) is 31.9 Å². The van der Waals surface area contributed by atoms with E-state index in [-0.39, 0.29) is 58.4 Å². The molecule has 1 N–H and O–H groups in total. The van der Waals surface area contributed by atoms with Gasteiger partial charge in [0.2, 0.25) is 15.2 Å². The van der Waals surface area contributed by atoms with Crippen molar-refractivity contribution in [3.63, 3.8) is 0 Å². The second-order valence-electron chi connectivity index (χ2n) is 8.66. The summed E-state index contributed by atoms with van der Waals surface area (Å²) in [4.78, 5) is 37.8. The molecule has 2 amide bonds. The first-order chi connectivity index (χ1) is 20.0. The van der Waals surface area contributed by atoms with E-state index in [9.17, 15) is 22.8 Å². The number of hydrogen-bond acceptors (Lipinski definition) is 11. The molecule has 0 spiro atoms. The number of hydrogen-bond donors (Lipinski definition) is 1. The summed E-state index contributed by atoms with van der Waals surface area (Å²) in [6.07, 6.45) is -0.509. The zero-order valence-corrected chi connectivity index (χ0v) is 26.3. The molecule has 0 atom stereocenters. The van der Waals surface area contributed by atoms with Gasteiger partial charge in [-0.25, -0.2) is 18.0 Å². The standard InChI is InChI=1S/C25H25Cl2N5O7S3/c1-3-39-25(35)31-8-10-32(11-9-31)42(36,37)20-12-17(18(26)13-19(20)27)21(33)28-23-29-30-24(41-23)40-14-15-4-6-16(7-5-15)22(34)38-2/h4-7,12-13H,3,8-11,14H2,1-2H3,(H,28,29,33). The van der Waals surface area contributed by atoms with Crippen molar-refractivity contribution in [1.29, 1.82) is 0 Å². The van der Waals surface area contributed by atoms with Crippen LogP contribution in [-0.4, -0.2) is 85.7 Å². The summed E-state index contributed by atoms with van der Waals surface area (Å²) < 4.78 is 38.2. The minimum atomic E-state index is -4.11. The van der Waals surface area contributed by atoms with Gasteiger partial charge < -0.3 is 14.4 Å². The number of thioether (sulfide) groups is 1. The van der Waals surface area contributed by atoms with Crippen LogP contribution in [0.2, 0.25) is 10.0 Å². The van der Waals surface area contributed by atoms with Gasteiger partial charge in [-0.1, -0.05) is 58.4 Å². The maximum Gasteiger partial charge on any atom is 0.409 e. The van der Waals surface area contributed by atoms with Crippen LogP contribution in [0.3, 0.4) is 0 Å². The molecule has 17 heteroatoms. The number of ether oxygens (including phenoxy) is 2. The first-order valence-corrected chi connectivity index (χ1v) is 16.4. The van der Waals surface area contributed by atoms with Crippen LogP contribution in [0, 0.1) is 0 Å². The monoisotopic (exact) mass is 673 g/mol. The number of carbonyl (C=O) groups excluding carboxylic acids is 3. The number of carbonyl (C=O) groups is 3. The molecule has 42 heavy (non-hydrogen) atoms. The summed E-state index contributed by atoms with van der Waals surface area (Å²) in [7, 11) is -2.79. The highest BCUT2D eigenvalue weighted by Crippen LogP contribution is 2.33. The second kappa shape index (κ2) is 14.0. The predicted octanol–water partition coefficient (Wildman–Crippen LogP) is 4.64. The van der Waals surface area contributed by atoms with Crippen molar-refractivity contribution in [1.82, 2.24) is 19.4 Å². The second-order valence-corrected chi connectivity index (χ2v) is 13.6. The lowest BCUT2D eigenvalue weighted by molar-refractivity contribution is 0.0600. The molecule has 12 nitrogen and oxygen atoms in total. The Balaban J connectivity index is 1.41. The number of rotatable bonds is 9. The van der Waals surface area contributed by atoms with Crippen molar-refractivity contribution in [3.8, 4) is 0 Å². The number of sulfonamides is 1. The summed E-state index contributed by atoms with van der Waals surface area (Å²) >= 11 is 15.0. The molecular weight excluding hydrogens is 649 g/mol. The number of nitrogens with one attached hydrogen (secondary N) is 1. The molecule has 1 saturated heterocycles.